The maximum absolute atomic E-state index is 13.6. The summed E-state index contributed by atoms with van der Waals surface area (Å²) in [7, 11) is 0. The topological polar surface area (TPSA) is 177 Å². The highest BCUT2D eigenvalue weighted by atomic mass is 16.4. The molecule has 41 heavy (non-hydrogen) atoms. The fourth-order valence-corrected chi connectivity index (χ4v) is 4.42. The summed E-state index contributed by atoms with van der Waals surface area (Å²) in [5.74, 6) is -2.81. The molecule has 0 bridgehead atoms. The molecule has 0 aliphatic heterocycles. The van der Waals surface area contributed by atoms with Crippen LogP contribution in [0, 0.1) is 5.41 Å². The summed E-state index contributed by atoms with van der Waals surface area (Å²) in [5, 5.41) is 17.8. The van der Waals surface area contributed by atoms with Crippen molar-refractivity contribution in [2.75, 3.05) is 6.54 Å². The minimum Gasteiger partial charge on any atom is -0.480 e. The first-order valence-corrected chi connectivity index (χ1v) is 14.1. The zero-order valence-corrected chi connectivity index (χ0v) is 24.3. The van der Waals surface area contributed by atoms with Crippen LogP contribution in [0.2, 0.25) is 0 Å². The van der Waals surface area contributed by atoms with E-state index < -0.39 is 47.9 Å². The van der Waals surface area contributed by atoms with Gasteiger partial charge in [-0.05, 0) is 55.2 Å². The molecule has 4 atom stereocenters. The Labute approximate surface area is 242 Å². The van der Waals surface area contributed by atoms with Crippen molar-refractivity contribution in [3.63, 3.8) is 0 Å². The number of nitrogens with two attached hydrogens (primary N) is 2. The van der Waals surface area contributed by atoms with Gasteiger partial charge >= 0.3 is 5.97 Å². The van der Waals surface area contributed by atoms with Gasteiger partial charge in [0.05, 0.1) is 6.04 Å². The SMILES string of the molecule is CC(C)(C)C[C@@H](NC(=O)[C@@H](Cc1ccccc1)NC(=O)[C@H](N)Cc1ccccc1)C(=O)N[C@H](CCCCN)C(=O)O. The van der Waals surface area contributed by atoms with E-state index in [1.165, 1.54) is 0 Å². The number of hydrogen-bond acceptors (Lipinski definition) is 6. The van der Waals surface area contributed by atoms with E-state index >= 15 is 0 Å². The first-order chi connectivity index (χ1) is 19.4. The third-order valence-electron chi connectivity index (χ3n) is 6.56. The van der Waals surface area contributed by atoms with Gasteiger partial charge in [-0.3, -0.25) is 14.4 Å². The fraction of sp³-hybridized carbons (Fsp3) is 0.484. The van der Waals surface area contributed by atoms with Crippen LogP contribution in [0.3, 0.4) is 0 Å². The van der Waals surface area contributed by atoms with Crippen LogP contribution in [0.5, 0.6) is 0 Å². The molecular weight excluding hydrogens is 522 g/mol. The van der Waals surface area contributed by atoms with Crippen LogP contribution in [0.15, 0.2) is 60.7 Å². The molecule has 0 saturated heterocycles. The van der Waals surface area contributed by atoms with Crippen molar-refractivity contribution in [3.8, 4) is 0 Å². The number of carboxylic acids is 1. The van der Waals surface area contributed by atoms with Gasteiger partial charge in [0, 0.05) is 6.42 Å². The highest BCUT2D eigenvalue weighted by molar-refractivity contribution is 5.94. The number of benzene rings is 2. The van der Waals surface area contributed by atoms with Gasteiger partial charge in [-0.15, -0.1) is 0 Å². The van der Waals surface area contributed by atoms with E-state index in [1.807, 2.05) is 81.4 Å². The number of aliphatic carboxylic acids is 1. The Bertz CT molecular complexity index is 1120. The summed E-state index contributed by atoms with van der Waals surface area (Å²) in [5.41, 5.74) is 13.0. The van der Waals surface area contributed by atoms with E-state index in [0.717, 1.165) is 11.1 Å². The normalized spacial score (nSPS) is 14.3. The molecular formula is C31H45N5O5. The molecule has 0 aliphatic rings. The zero-order chi connectivity index (χ0) is 30.4. The van der Waals surface area contributed by atoms with E-state index in [4.69, 9.17) is 11.5 Å². The Morgan fingerprint density at radius 1 is 0.732 bits per heavy atom. The molecule has 0 aliphatic carbocycles. The molecule has 8 N–H and O–H groups in total. The van der Waals surface area contributed by atoms with Crippen LogP contribution in [-0.2, 0) is 32.0 Å². The summed E-state index contributed by atoms with van der Waals surface area (Å²) in [4.78, 5) is 51.8. The van der Waals surface area contributed by atoms with Crippen LogP contribution in [-0.4, -0.2) is 59.5 Å². The third-order valence-corrected chi connectivity index (χ3v) is 6.56. The zero-order valence-electron chi connectivity index (χ0n) is 24.3. The van der Waals surface area contributed by atoms with Gasteiger partial charge in [-0.25, -0.2) is 4.79 Å². The van der Waals surface area contributed by atoms with Crippen LogP contribution < -0.4 is 27.4 Å². The van der Waals surface area contributed by atoms with Crippen LogP contribution in [0.1, 0.15) is 57.6 Å². The van der Waals surface area contributed by atoms with E-state index in [2.05, 4.69) is 16.0 Å². The Morgan fingerprint density at radius 3 is 1.73 bits per heavy atom. The quantitative estimate of drug-likeness (QED) is 0.168. The van der Waals surface area contributed by atoms with Crippen molar-refractivity contribution in [2.24, 2.45) is 16.9 Å². The van der Waals surface area contributed by atoms with E-state index in [0.29, 0.717) is 25.8 Å². The van der Waals surface area contributed by atoms with E-state index in [9.17, 15) is 24.3 Å². The lowest BCUT2D eigenvalue weighted by Crippen LogP contribution is -2.58. The number of hydrogen-bond donors (Lipinski definition) is 6. The molecule has 0 aromatic heterocycles. The van der Waals surface area contributed by atoms with Crippen LogP contribution >= 0.6 is 0 Å². The largest absolute Gasteiger partial charge is 0.480 e. The lowest BCUT2D eigenvalue weighted by atomic mass is 9.87. The number of carboxylic acid groups (broad SMARTS) is 1. The summed E-state index contributed by atoms with van der Waals surface area (Å²) >= 11 is 0. The van der Waals surface area contributed by atoms with Crippen LogP contribution in [0.4, 0.5) is 0 Å². The third kappa shape index (κ3) is 12.5. The van der Waals surface area contributed by atoms with Crippen molar-refractivity contribution in [1.29, 1.82) is 0 Å². The molecule has 0 radical (unpaired) electrons. The molecule has 3 amide bonds. The number of carbonyl (C=O) groups excluding carboxylic acids is 3. The Kier molecular flexibility index (Phi) is 13.5. The average Bonchev–Trinajstić information content (AvgIpc) is 2.92. The molecule has 0 heterocycles. The number of nitrogens with one attached hydrogen (secondary N) is 3. The Balaban J connectivity index is 2.22. The highest BCUT2D eigenvalue weighted by Crippen LogP contribution is 2.21. The maximum atomic E-state index is 13.6. The molecule has 2 aromatic carbocycles. The van der Waals surface area contributed by atoms with Gasteiger partial charge < -0.3 is 32.5 Å². The summed E-state index contributed by atoms with van der Waals surface area (Å²) in [6, 6.07) is 14.5. The highest BCUT2D eigenvalue weighted by Gasteiger charge is 2.32. The molecule has 10 nitrogen and oxygen atoms in total. The lowest BCUT2D eigenvalue weighted by molar-refractivity contribution is -0.142. The first-order valence-electron chi connectivity index (χ1n) is 14.1. The monoisotopic (exact) mass is 567 g/mol. The van der Waals surface area contributed by atoms with Crippen molar-refractivity contribution in [2.45, 2.75) is 83.5 Å². The molecule has 0 unspecified atom stereocenters. The van der Waals surface area contributed by atoms with Crippen molar-refractivity contribution >= 4 is 23.7 Å². The smallest absolute Gasteiger partial charge is 0.326 e. The number of rotatable bonds is 16. The predicted molar refractivity (Wildman–Crippen MR) is 159 cm³/mol. The van der Waals surface area contributed by atoms with Crippen molar-refractivity contribution in [1.82, 2.24) is 16.0 Å². The second kappa shape index (κ2) is 16.5. The van der Waals surface area contributed by atoms with Gasteiger partial charge in [0.1, 0.15) is 18.1 Å². The van der Waals surface area contributed by atoms with Gasteiger partial charge in [-0.1, -0.05) is 81.4 Å². The minimum atomic E-state index is -1.15. The lowest BCUT2D eigenvalue weighted by Gasteiger charge is -2.29. The fourth-order valence-electron chi connectivity index (χ4n) is 4.42. The number of amides is 3. The second-order valence-electron chi connectivity index (χ2n) is 11.6. The van der Waals surface area contributed by atoms with Crippen LogP contribution in [0.25, 0.3) is 0 Å². The van der Waals surface area contributed by atoms with Gasteiger partial charge in [-0.2, -0.15) is 0 Å². The van der Waals surface area contributed by atoms with Gasteiger partial charge in [0.25, 0.3) is 0 Å². The predicted octanol–water partition coefficient (Wildman–Crippen LogP) is 1.90. The standard InChI is InChI=1S/C31H45N5O5/c1-31(2,3)20-26(29(39)34-24(30(40)41)16-10-11-17-32)36-28(38)25(19-22-14-8-5-9-15-22)35-27(37)23(33)18-21-12-6-4-7-13-21/h4-9,12-15,23-26H,10-11,16-20,32-33H2,1-3H3,(H,34,39)(H,35,37)(H,36,38)(H,40,41)/t23-,24-,25-,26-/m1/s1. The molecule has 2 rings (SSSR count). The van der Waals surface area contributed by atoms with Crippen molar-refractivity contribution in [3.05, 3.63) is 71.8 Å². The maximum Gasteiger partial charge on any atom is 0.326 e. The molecule has 224 valence electrons. The summed E-state index contributed by atoms with van der Waals surface area (Å²) in [6.07, 6.45) is 2.12. The molecule has 10 heteroatoms. The molecule has 2 aromatic rings. The summed E-state index contributed by atoms with van der Waals surface area (Å²) in [6.45, 7) is 6.18. The second-order valence-corrected chi connectivity index (χ2v) is 11.6. The first kappa shape index (κ1) is 33.4. The summed E-state index contributed by atoms with van der Waals surface area (Å²) < 4.78 is 0. The van der Waals surface area contributed by atoms with Gasteiger partial charge in [0.15, 0.2) is 0 Å². The molecule has 0 fully saturated rings. The average molecular weight is 568 g/mol. The Hall–Kier alpha value is -3.76. The molecule has 0 saturated carbocycles. The van der Waals surface area contributed by atoms with Crippen molar-refractivity contribution < 1.29 is 24.3 Å². The number of carbonyl (C=O) groups is 4. The minimum absolute atomic E-state index is 0.178. The van der Waals surface area contributed by atoms with E-state index in [1.54, 1.807) is 0 Å². The van der Waals surface area contributed by atoms with Gasteiger partial charge in [0.2, 0.25) is 17.7 Å². The molecule has 0 spiro atoms. The number of unbranched alkanes of at least 4 members (excludes halogenated alkanes) is 1. The van der Waals surface area contributed by atoms with E-state index in [-0.39, 0.29) is 24.7 Å². The Morgan fingerprint density at radius 2 is 1.22 bits per heavy atom.